The SMILES string of the molecule is CO[C@@H]1[C@H](OC(=O)N[C@H](c2cn(C[C@H]3CCN(CC(F)F)C3)cn2)C(C)C)CC[C@]2(CO2)[C@H]1[C@@]1(C)O[C@@H]1CC=C(C)C. The van der Waals surface area contributed by atoms with Gasteiger partial charge in [-0.25, -0.2) is 18.6 Å². The molecule has 1 spiro atoms. The first-order chi connectivity index (χ1) is 19.9. The van der Waals surface area contributed by atoms with Gasteiger partial charge in [0.15, 0.2) is 0 Å². The highest BCUT2D eigenvalue weighted by Gasteiger charge is 2.72. The molecule has 1 N–H and O–H groups in total. The first-order valence-electron chi connectivity index (χ1n) is 15.4. The van der Waals surface area contributed by atoms with Crippen molar-refractivity contribution in [3.05, 3.63) is 29.9 Å². The molecule has 236 valence electrons. The molecule has 0 aromatic carbocycles. The zero-order valence-corrected chi connectivity index (χ0v) is 25.9. The van der Waals surface area contributed by atoms with Crippen molar-refractivity contribution in [1.29, 1.82) is 0 Å². The third kappa shape index (κ3) is 6.84. The van der Waals surface area contributed by atoms with Crippen molar-refractivity contribution in [3.8, 4) is 0 Å². The summed E-state index contributed by atoms with van der Waals surface area (Å²) in [6.45, 7) is 12.9. The summed E-state index contributed by atoms with van der Waals surface area (Å²) < 4.78 is 51.9. The zero-order valence-electron chi connectivity index (χ0n) is 25.9. The molecule has 9 nitrogen and oxygen atoms in total. The van der Waals surface area contributed by atoms with E-state index < -0.39 is 24.2 Å². The summed E-state index contributed by atoms with van der Waals surface area (Å²) in [6, 6.07) is -0.339. The van der Waals surface area contributed by atoms with Crippen LogP contribution in [0.5, 0.6) is 0 Å². The van der Waals surface area contributed by atoms with Crippen LogP contribution in [0.1, 0.15) is 72.0 Å². The Morgan fingerprint density at radius 2 is 2.07 bits per heavy atom. The molecule has 1 aromatic heterocycles. The molecule has 1 saturated carbocycles. The number of epoxide rings is 2. The molecule has 1 aromatic rings. The number of allylic oxidation sites excluding steroid dienone is 1. The number of nitrogens with one attached hydrogen (secondary N) is 1. The minimum Gasteiger partial charge on any atom is -0.443 e. The molecule has 4 aliphatic rings. The maximum absolute atomic E-state index is 13.3. The maximum atomic E-state index is 13.3. The second-order valence-corrected chi connectivity index (χ2v) is 13.5. The molecule has 1 amide bonds. The summed E-state index contributed by atoms with van der Waals surface area (Å²) in [5.74, 6) is 0.328. The van der Waals surface area contributed by atoms with Gasteiger partial charge >= 0.3 is 6.09 Å². The van der Waals surface area contributed by atoms with E-state index in [1.807, 2.05) is 29.5 Å². The van der Waals surface area contributed by atoms with Crippen molar-refractivity contribution < 1.29 is 32.5 Å². The summed E-state index contributed by atoms with van der Waals surface area (Å²) in [5.41, 5.74) is 1.33. The number of amides is 1. The highest BCUT2D eigenvalue weighted by atomic mass is 19.3. The quantitative estimate of drug-likeness (QED) is 0.270. The average Bonchev–Trinajstić information content (AvgIpc) is 3.69. The standard InChI is InChI=1S/C31H48F2N4O5/c1-19(2)7-8-24-30(5,42-24)28-27(39-6)23(9-11-31(28)17-40-31)41-29(38)35-26(20(3)4)22-15-37(18-34-22)14-21-10-12-36(13-21)16-25(32)33/h7,15,18,20-21,23-28H,8-14,16-17H2,1-6H3,(H,35,38)/t21-,23+,24+,26-,27+,28+,30-,31-/m0/s1. The number of halogens is 2. The fraction of sp³-hybridized carbons (Fsp3) is 0.806. The molecule has 4 fully saturated rings. The third-order valence-electron chi connectivity index (χ3n) is 9.64. The van der Waals surface area contributed by atoms with Crippen LogP contribution >= 0.6 is 0 Å². The molecule has 3 saturated heterocycles. The Hall–Kier alpha value is -2.08. The van der Waals surface area contributed by atoms with Crippen LogP contribution < -0.4 is 5.32 Å². The Morgan fingerprint density at radius 3 is 2.71 bits per heavy atom. The number of hydrogen-bond donors (Lipinski definition) is 1. The molecule has 4 heterocycles. The van der Waals surface area contributed by atoms with Crippen LogP contribution in [0, 0.1) is 17.8 Å². The second kappa shape index (κ2) is 12.5. The van der Waals surface area contributed by atoms with Gasteiger partial charge in [-0.3, -0.25) is 4.90 Å². The number of carbonyl (C=O) groups is 1. The van der Waals surface area contributed by atoms with Gasteiger partial charge in [0.1, 0.15) is 23.4 Å². The lowest BCUT2D eigenvalue weighted by molar-refractivity contribution is -0.118. The predicted octanol–water partition coefficient (Wildman–Crippen LogP) is 4.97. The molecule has 11 heteroatoms. The van der Waals surface area contributed by atoms with Crippen molar-refractivity contribution >= 4 is 6.09 Å². The van der Waals surface area contributed by atoms with Crippen LogP contribution in [0.3, 0.4) is 0 Å². The van der Waals surface area contributed by atoms with Crippen molar-refractivity contribution in [2.75, 3.05) is 33.4 Å². The predicted molar refractivity (Wildman–Crippen MR) is 153 cm³/mol. The molecule has 0 bridgehead atoms. The van der Waals surface area contributed by atoms with Gasteiger partial charge in [-0.1, -0.05) is 25.5 Å². The number of imidazole rings is 1. The summed E-state index contributed by atoms with van der Waals surface area (Å²) in [6.07, 6.45) is 5.58. The number of methoxy groups -OCH3 is 1. The van der Waals surface area contributed by atoms with E-state index in [-0.39, 0.29) is 42.2 Å². The van der Waals surface area contributed by atoms with E-state index in [0.717, 1.165) is 25.0 Å². The lowest BCUT2D eigenvalue weighted by atomic mass is 9.68. The highest BCUT2D eigenvalue weighted by molar-refractivity contribution is 5.68. The number of hydrogen-bond acceptors (Lipinski definition) is 7. The minimum absolute atomic E-state index is 0.0408. The lowest BCUT2D eigenvalue weighted by Crippen LogP contribution is -2.56. The fourth-order valence-corrected chi connectivity index (χ4v) is 7.31. The molecule has 0 radical (unpaired) electrons. The Balaban J connectivity index is 1.20. The van der Waals surface area contributed by atoms with E-state index in [0.29, 0.717) is 38.6 Å². The number of nitrogens with zero attached hydrogens (tertiary/aromatic N) is 3. The molecule has 3 aliphatic heterocycles. The number of likely N-dealkylation sites (tertiary alicyclic amines) is 1. The number of alkyl halides is 2. The summed E-state index contributed by atoms with van der Waals surface area (Å²) in [4.78, 5) is 19.7. The van der Waals surface area contributed by atoms with Crippen LogP contribution in [0.2, 0.25) is 0 Å². The number of aromatic nitrogens is 2. The summed E-state index contributed by atoms with van der Waals surface area (Å²) in [5, 5.41) is 3.05. The average molecular weight is 595 g/mol. The first-order valence-corrected chi connectivity index (χ1v) is 15.4. The monoisotopic (exact) mass is 594 g/mol. The van der Waals surface area contributed by atoms with Gasteiger partial charge in [0.25, 0.3) is 6.43 Å². The molecular formula is C31H48F2N4O5. The third-order valence-corrected chi connectivity index (χ3v) is 9.64. The fourth-order valence-electron chi connectivity index (χ4n) is 7.31. The largest absolute Gasteiger partial charge is 0.443 e. The van der Waals surface area contributed by atoms with Gasteiger partial charge in [-0.05, 0) is 64.8 Å². The number of alkyl carbamates (subject to hydrolysis) is 1. The van der Waals surface area contributed by atoms with Crippen LogP contribution in [-0.4, -0.2) is 89.8 Å². The first kappa shape index (κ1) is 31.3. The van der Waals surface area contributed by atoms with E-state index in [9.17, 15) is 13.6 Å². The van der Waals surface area contributed by atoms with Gasteiger partial charge in [0.05, 0.1) is 43.2 Å². The van der Waals surface area contributed by atoms with Crippen LogP contribution in [-0.2, 0) is 25.5 Å². The van der Waals surface area contributed by atoms with Crippen molar-refractivity contribution in [1.82, 2.24) is 19.8 Å². The molecule has 5 rings (SSSR count). The topological polar surface area (TPSA) is 93.7 Å². The zero-order chi connectivity index (χ0) is 30.2. The van der Waals surface area contributed by atoms with E-state index in [4.69, 9.17) is 18.9 Å². The van der Waals surface area contributed by atoms with Crippen LogP contribution in [0.25, 0.3) is 0 Å². The molecule has 1 aliphatic carbocycles. The van der Waals surface area contributed by atoms with Crippen molar-refractivity contribution in [2.24, 2.45) is 17.8 Å². The van der Waals surface area contributed by atoms with E-state index in [1.54, 1.807) is 13.4 Å². The maximum Gasteiger partial charge on any atom is 0.408 e. The normalized spacial score (nSPS) is 35.0. The summed E-state index contributed by atoms with van der Waals surface area (Å²) in [7, 11) is 1.67. The van der Waals surface area contributed by atoms with Crippen molar-refractivity contribution in [3.63, 3.8) is 0 Å². The molecule has 8 atom stereocenters. The molecule has 0 unspecified atom stereocenters. The van der Waals surface area contributed by atoms with Gasteiger partial charge in [-0.15, -0.1) is 0 Å². The Labute approximate surface area is 248 Å². The summed E-state index contributed by atoms with van der Waals surface area (Å²) >= 11 is 0. The van der Waals surface area contributed by atoms with Crippen LogP contribution in [0.4, 0.5) is 13.6 Å². The van der Waals surface area contributed by atoms with E-state index in [2.05, 4.69) is 37.1 Å². The molecular weight excluding hydrogens is 546 g/mol. The second-order valence-electron chi connectivity index (χ2n) is 13.5. The number of carbonyl (C=O) groups excluding carboxylic acids is 1. The van der Waals surface area contributed by atoms with Crippen LogP contribution in [0.15, 0.2) is 24.2 Å². The van der Waals surface area contributed by atoms with E-state index in [1.165, 1.54) is 5.57 Å². The number of ether oxygens (including phenoxy) is 4. The van der Waals surface area contributed by atoms with Gasteiger partial charge in [0, 0.05) is 26.4 Å². The minimum atomic E-state index is -2.31. The molecule has 42 heavy (non-hydrogen) atoms. The Bertz CT molecular complexity index is 1120. The highest BCUT2D eigenvalue weighted by Crippen LogP contribution is 2.59. The smallest absolute Gasteiger partial charge is 0.408 e. The Morgan fingerprint density at radius 1 is 1.31 bits per heavy atom. The van der Waals surface area contributed by atoms with Crippen molar-refractivity contribution in [2.45, 2.75) is 109 Å². The van der Waals surface area contributed by atoms with E-state index >= 15 is 0 Å². The lowest BCUT2D eigenvalue weighted by Gasteiger charge is -2.42. The Kier molecular flexibility index (Phi) is 9.33. The number of rotatable bonds is 12. The van der Waals surface area contributed by atoms with Gasteiger partial charge in [-0.2, -0.15) is 0 Å². The van der Waals surface area contributed by atoms with Gasteiger partial charge in [0.2, 0.25) is 0 Å². The van der Waals surface area contributed by atoms with Gasteiger partial charge < -0.3 is 28.8 Å².